The van der Waals surface area contributed by atoms with Gasteiger partial charge in [0.1, 0.15) is 17.7 Å². The third kappa shape index (κ3) is 3.39. The molecule has 20 heavy (non-hydrogen) atoms. The zero-order chi connectivity index (χ0) is 15.3. The smallest absolute Gasteiger partial charge is 0.251 e. The summed E-state index contributed by atoms with van der Waals surface area (Å²) in [4.78, 5) is 23.4. The first kappa shape index (κ1) is 16.2. The van der Waals surface area contributed by atoms with Gasteiger partial charge in [-0.1, -0.05) is 6.92 Å². The average molecular weight is 285 g/mol. The molecule has 0 aliphatic carbocycles. The third-order valence-electron chi connectivity index (χ3n) is 2.81. The molecule has 1 aromatic carbocycles. The van der Waals surface area contributed by atoms with Gasteiger partial charge in [0, 0.05) is 19.2 Å². The van der Waals surface area contributed by atoms with E-state index >= 15 is 0 Å². The summed E-state index contributed by atoms with van der Waals surface area (Å²) in [6.45, 7) is 3.65. The van der Waals surface area contributed by atoms with E-state index in [0.29, 0.717) is 6.42 Å². The van der Waals surface area contributed by atoms with Gasteiger partial charge in [0.05, 0.1) is 5.56 Å². The molecule has 1 amide bonds. The average Bonchev–Trinajstić information content (AvgIpc) is 2.42. The van der Waals surface area contributed by atoms with Crippen molar-refractivity contribution < 1.29 is 23.1 Å². The number of benzene rings is 1. The highest BCUT2D eigenvalue weighted by Gasteiger charge is 2.26. The second-order valence-electron chi connectivity index (χ2n) is 4.11. The molecule has 6 heteroatoms. The Bertz CT molecular complexity index is 494. The van der Waals surface area contributed by atoms with E-state index in [0.717, 1.165) is 12.1 Å². The van der Waals surface area contributed by atoms with Gasteiger partial charge >= 0.3 is 0 Å². The number of rotatable bonds is 6. The topological polar surface area (TPSA) is 55.4 Å². The summed E-state index contributed by atoms with van der Waals surface area (Å²) in [5.41, 5.74) is -0.846. The van der Waals surface area contributed by atoms with Crippen LogP contribution >= 0.6 is 0 Å². The van der Waals surface area contributed by atoms with Crippen LogP contribution in [0.1, 0.15) is 41.0 Å². The highest BCUT2D eigenvalue weighted by atomic mass is 19.1. The number of ether oxygens (including phenoxy) is 1. The molecule has 1 N–H and O–H groups in total. The molecular formula is C14H17F2NO3. The van der Waals surface area contributed by atoms with Gasteiger partial charge in [0.25, 0.3) is 5.91 Å². The lowest BCUT2D eigenvalue weighted by molar-refractivity contribution is 0.0436. The molecule has 1 rings (SSSR count). The van der Waals surface area contributed by atoms with Crippen LogP contribution in [0, 0.1) is 11.6 Å². The molecular weight excluding hydrogens is 268 g/mol. The number of carbonyl (C=O) groups is 2. The number of Topliss-reactive ketones (excluding diaryl/α,β-unsaturated/α-hetero) is 1. The van der Waals surface area contributed by atoms with Crippen LogP contribution in [-0.2, 0) is 4.74 Å². The molecule has 0 aliphatic heterocycles. The van der Waals surface area contributed by atoms with Crippen LogP contribution in [0.5, 0.6) is 0 Å². The van der Waals surface area contributed by atoms with E-state index in [1.54, 1.807) is 13.8 Å². The van der Waals surface area contributed by atoms with Crippen molar-refractivity contribution in [3.8, 4) is 0 Å². The van der Waals surface area contributed by atoms with Crippen molar-refractivity contribution in [3.63, 3.8) is 0 Å². The van der Waals surface area contributed by atoms with E-state index in [9.17, 15) is 18.4 Å². The van der Waals surface area contributed by atoms with Crippen molar-refractivity contribution in [3.05, 3.63) is 34.9 Å². The number of hydrogen-bond donors (Lipinski definition) is 1. The van der Waals surface area contributed by atoms with Crippen LogP contribution < -0.4 is 5.32 Å². The van der Waals surface area contributed by atoms with Crippen LogP contribution in [0.2, 0.25) is 0 Å². The second kappa shape index (κ2) is 7.09. The Labute approximate surface area is 116 Å². The third-order valence-corrected chi connectivity index (χ3v) is 2.81. The van der Waals surface area contributed by atoms with Crippen molar-refractivity contribution in [2.24, 2.45) is 0 Å². The Balaban J connectivity index is 3.19. The van der Waals surface area contributed by atoms with Crippen LogP contribution in [0.15, 0.2) is 12.1 Å². The fraction of sp³-hybridized carbons (Fsp3) is 0.429. The molecule has 0 saturated heterocycles. The Hall–Kier alpha value is -1.82. The minimum absolute atomic E-state index is 0.177. The normalized spacial score (nSPS) is 12.1. The SMILES string of the molecule is CCOC(CC)C(=O)c1c(F)cc(C(=O)NC)cc1F. The van der Waals surface area contributed by atoms with E-state index in [1.807, 2.05) is 0 Å². The van der Waals surface area contributed by atoms with Crippen LogP contribution in [-0.4, -0.2) is 31.4 Å². The zero-order valence-electron chi connectivity index (χ0n) is 11.6. The summed E-state index contributed by atoms with van der Waals surface area (Å²) >= 11 is 0. The maximum Gasteiger partial charge on any atom is 0.251 e. The summed E-state index contributed by atoms with van der Waals surface area (Å²) in [6.07, 6.45) is -0.585. The molecule has 0 fully saturated rings. The molecule has 0 heterocycles. The molecule has 4 nitrogen and oxygen atoms in total. The van der Waals surface area contributed by atoms with Crippen LogP contribution in [0.3, 0.4) is 0 Å². The first-order chi connectivity index (χ1) is 9.46. The maximum absolute atomic E-state index is 13.9. The Kier molecular flexibility index (Phi) is 5.76. The standard InChI is InChI=1S/C14H17F2NO3/c1-4-11(20-5-2)13(18)12-9(15)6-8(7-10(12)16)14(19)17-3/h6-7,11H,4-5H2,1-3H3,(H,17,19). The van der Waals surface area contributed by atoms with Gasteiger partial charge in [-0.15, -0.1) is 0 Å². The minimum Gasteiger partial charge on any atom is -0.370 e. The van der Waals surface area contributed by atoms with Gasteiger partial charge in [-0.3, -0.25) is 9.59 Å². The zero-order valence-corrected chi connectivity index (χ0v) is 11.6. The second-order valence-corrected chi connectivity index (χ2v) is 4.11. The predicted molar refractivity (Wildman–Crippen MR) is 69.8 cm³/mol. The minimum atomic E-state index is -1.06. The number of nitrogens with one attached hydrogen (secondary N) is 1. The lowest BCUT2D eigenvalue weighted by atomic mass is 10.0. The summed E-state index contributed by atoms with van der Waals surface area (Å²) in [7, 11) is 1.35. The Morgan fingerprint density at radius 2 is 1.80 bits per heavy atom. The number of ketones is 1. The fourth-order valence-corrected chi connectivity index (χ4v) is 1.83. The fourth-order valence-electron chi connectivity index (χ4n) is 1.83. The first-order valence-corrected chi connectivity index (χ1v) is 6.33. The van der Waals surface area contributed by atoms with E-state index in [-0.39, 0.29) is 12.2 Å². The van der Waals surface area contributed by atoms with Gasteiger partial charge in [-0.2, -0.15) is 0 Å². The molecule has 110 valence electrons. The molecule has 0 radical (unpaired) electrons. The van der Waals surface area contributed by atoms with Crippen molar-refractivity contribution >= 4 is 11.7 Å². The number of amides is 1. The summed E-state index contributed by atoms with van der Waals surface area (Å²) < 4.78 is 33.0. The van der Waals surface area contributed by atoms with E-state index in [2.05, 4.69) is 5.32 Å². The molecule has 0 bridgehead atoms. The number of carbonyl (C=O) groups excluding carboxylic acids is 2. The van der Waals surface area contributed by atoms with Crippen LogP contribution in [0.4, 0.5) is 8.78 Å². The molecule has 0 saturated carbocycles. The Morgan fingerprint density at radius 1 is 1.25 bits per heavy atom. The van der Waals surface area contributed by atoms with Crippen molar-refractivity contribution in [2.75, 3.05) is 13.7 Å². The molecule has 1 aromatic rings. The van der Waals surface area contributed by atoms with Crippen molar-refractivity contribution in [1.29, 1.82) is 0 Å². The molecule has 0 aromatic heterocycles. The van der Waals surface area contributed by atoms with Gasteiger partial charge in [-0.25, -0.2) is 8.78 Å². The van der Waals surface area contributed by atoms with Gasteiger partial charge < -0.3 is 10.1 Å². The highest BCUT2D eigenvalue weighted by molar-refractivity contribution is 6.01. The quantitative estimate of drug-likeness (QED) is 0.816. The van der Waals surface area contributed by atoms with E-state index in [1.165, 1.54) is 7.05 Å². The van der Waals surface area contributed by atoms with Gasteiger partial charge in [-0.05, 0) is 25.5 Å². The number of hydrogen-bond acceptors (Lipinski definition) is 3. The van der Waals surface area contributed by atoms with Gasteiger partial charge in [0.15, 0.2) is 5.78 Å². The van der Waals surface area contributed by atoms with Crippen molar-refractivity contribution in [2.45, 2.75) is 26.4 Å². The summed E-state index contributed by atoms with van der Waals surface area (Å²) in [6, 6.07) is 1.68. The molecule has 1 unspecified atom stereocenters. The maximum atomic E-state index is 13.9. The highest BCUT2D eigenvalue weighted by Crippen LogP contribution is 2.19. The lowest BCUT2D eigenvalue weighted by Crippen LogP contribution is -2.26. The molecule has 1 atom stereocenters. The van der Waals surface area contributed by atoms with Crippen molar-refractivity contribution in [1.82, 2.24) is 5.32 Å². The monoisotopic (exact) mass is 285 g/mol. The summed E-state index contributed by atoms with van der Waals surface area (Å²) in [5.74, 6) is -3.51. The van der Waals surface area contributed by atoms with E-state index < -0.39 is 35.0 Å². The summed E-state index contributed by atoms with van der Waals surface area (Å²) in [5, 5.41) is 2.26. The first-order valence-electron chi connectivity index (χ1n) is 6.33. The van der Waals surface area contributed by atoms with Gasteiger partial charge in [0.2, 0.25) is 0 Å². The Morgan fingerprint density at radius 3 is 2.20 bits per heavy atom. The molecule has 0 spiro atoms. The largest absolute Gasteiger partial charge is 0.370 e. The predicted octanol–water partition coefficient (Wildman–Crippen LogP) is 2.32. The van der Waals surface area contributed by atoms with Crippen LogP contribution in [0.25, 0.3) is 0 Å². The number of halogens is 2. The lowest BCUT2D eigenvalue weighted by Gasteiger charge is -2.15. The van der Waals surface area contributed by atoms with E-state index in [4.69, 9.17) is 4.74 Å². The molecule has 0 aliphatic rings.